The van der Waals surface area contributed by atoms with Crippen LogP contribution in [-0.2, 0) is 36.9 Å². The lowest BCUT2D eigenvalue weighted by molar-refractivity contribution is -0.179. The Hall–Kier alpha value is -4.53. The molecular formula is C33H32FN5O6S. The third kappa shape index (κ3) is 6.98. The molecule has 1 saturated heterocycles. The SMILES string of the molecule is COC[C@]1(COCc2ccccc2)O[C@@H](n2cnc3c(N)nc(F)nc32)[C@H](OC(=S)Oc2ccccc2)[C@@H]1OCc1ccccc1. The minimum Gasteiger partial charge on any atom is -0.446 e. The molecule has 238 valence electrons. The number of imidazole rings is 1. The maximum absolute atomic E-state index is 14.5. The number of hydrogen-bond donors (Lipinski definition) is 1. The second-order valence-electron chi connectivity index (χ2n) is 10.7. The molecule has 11 nitrogen and oxygen atoms in total. The van der Waals surface area contributed by atoms with Gasteiger partial charge in [0.15, 0.2) is 29.3 Å². The first-order valence-electron chi connectivity index (χ1n) is 14.5. The molecule has 1 aliphatic rings. The molecule has 0 amide bonds. The summed E-state index contributed by atoms with van der Waals surface area (Å²) in [5, 5.41) is -0.179. The van der Waals surface area contributed by atoms with Crippen molar-refractivity contribution in [2.45, 2.75) is 37.3 Å². The predicted octanol–water partition coefficient (Wildman–Crippen LogP) is 5.01. The van der Waals surface area contributed by atoms with Crippen LogP contribution in [0.3, 0.4) is 0 Å². The van der Waals surface area contributed by atoms with Gasteiger partial charge in [-0.2, -0.15) is 14.4 Å². The number of ether oxygens (including phenoxy) is 6. The summed E-state index contributed by atoms with van der Waals surface area (Å²) in [4.78, 5) is 11.9. The van der Waals surface area contributed by atoms with Gasteiger partial charge in [0, 0.05) is 19.3 Å². The summed E-state index contributed by atoms with van der Waals surface area (Å²) >= 11 is 5.57. The molecule has 0 spiro atoms. The summed E-state index contributed by atoms with van der Waals surface area (Å²) < 4.78 is 53.6. The fourth-order valence-electron chi connectivity index (χ4n) is 5.42. The van der Waals surface area contributed by atoms with Crippen LogP contribution in [0.1, 0.15) is 17.4 Å². The van der Waals surface area contributed by atoms with Crippen LogP contribution in [0.4, 0.5) is 10.2 Å². The second kappa shape index (κ2) is 14.3. The number of nitrogen functional groups attached to an aromatic ring is 1. The zero-order valence-electron chi connectivity index (χ0n) is 24.9. The third-order valence-electron chi connectivity index (χ3n) is 7.44. The molecule has 0 aliphatic carbocycles. The van der Waals surface area contributed by atoms with Crippen LogP contribution in [0, 0.1) is 6.08 Å². The molecular weight excluding hydrogens is 613 g/mol. The Morgan fingerprint density at radius 3 is 2.26 bits per heavy atom. The monoisotopic (exact) mass is 645 g/mol. The van der Waals surface area contributed by atoms with Crippen LogP contribution in [-0.4, -0.2) is 62.9 Å². The molecule has 2 N–H and O–H groups in total. The van der Waals surface area contributed by atoms with Crippen molar-refractivity contribution in [2.24, 2.45) is 0 Å². The van der Waals surface area contributed by atoms with E-state index in [1.165, 1.54) is 10.9 Å². The molecule has 5 aromatic rings. The van der Waals surface area contributed by atoms with E-state index in [4.69, 9.17) is 46.4 Å². The fourth-order valence-corrected chi connectivity index (χ4v) is 5.62. The van der Waals surface area contributed by atoms with E-state index in [0.717, 1.165) is 11.1 Å². The van der Waals surface area contributed by atoms with E-state index in [9.17, 15) is 4.39 Å². The number of benzene rings is 3. The van der Waals surface area contributed by atoms with E-state index in [-0.39, 0.29) is 42.0 Å². The number of halogens is 1. The first-order valence-corrected chi connectivity index (χ1v) is 14.9. The van der Waals surface area contributed by atoms with E-state index in [2.05, 4.69) is 15.0 Å². The highest BCUT2D eigenvalue weighted by Gasteiger charge is 2.59. The number of hydrogen-bond acceptors (Lipinski definition) is 11. The largest absolute Gasteiger partial charge is 0.446 e. The topological polar surface area (TPSA) is 125 Å². The van der Waals surface area contributed by atoms with Crippen molar-refractivity contribution in [3.63, 3.8) is 0 Å². The van der Waals surface area contributed by atoms with E-state index >= 15 is 0 Å². The number of rotatable bonds is 12. The Labute approximate surface area is 270 Å². The highest BCUT2D eigenvalue weighted by molar-refractivity contribution is 7.79. The van der Waals surface area contributed by atoms with Gasteiger partial charge in [0.05, 0.1) is 32.8 Å². The summed E-state index contributed by atoms with van der Waals surface area (Å²) in [6.45, 7) is 0.583. The second-order valence-corrected chi connectivity index (χ2v) is 11.0. The molecule has 3 aromatic carbocycles. The maximum atomic E-state index is 14.5. The Balaban J connectivity index is 1.40. The number of thiocarbonyl (C=S) groups is 1. The molecule has 46 heavy (non-hydrogen) atoms. The van der Waals surface area contributed by atoms with Gasteiger partial charge in [-0.3, -0.25) is 4.57 Å². The number of fused-ring (bicyclic) bond motifs is 1. The van der Waals surface area contributed by atoms with E-state index in [1.54, 1.807) is 19.2 Å². The highest BCUT2D eigenvalue weighted by Crippen LogP contribution is 2.43. The number of anilines is 1. The quantitative estimate of drug-likeness (QED) is 0.145. The van der Waals surface area contributed by atoms with Crippen molar-refractivity contribution < 1.29 is 32.8 Å². The minimum absolute atomic E-state index is 0.0377. The van der Waals surface area contributed by atoms with Crippen LogP contribution >= 0.6 is 12.2 Å². The molecule has 0 saturated carbocycles. The van der Waals surface area contributed by atoms with E-state index in [0.29, 0.717) is 12.4 Å². The fraction of sp³-hybridized carbons (Fsp3) is 0.273. The number of nitrogens with two attached hydrogens (primary N) is 1. The number of para-hydroxylation sites is 1. The van der Waals surface area contributed by atoms with Gasteiger partial charge in [-0.05, 0) is 23.3 Å². The summed E-state index contributed by atoms with van der Waals surface area (Å²) in [5.41, 5.74) is 6.92. The molecule has 0 bridgehead atoms. The van der Waals surface area contributed by atoms with Crippen molar-refractivity contribution >= 4 is 34.4 Å². The van der Waals surface area contributed by atoms with Crippen LogP contribution in [0.5, 0.6) is 5.75 Å². The average Bonchev–Trinajstić information content (AvgIpc) is 3.60. The molecule has 2 aromatic heterocycles. The van der Waals surface area contributed by atoms with Crippen LogP contribution in [0.2, 0.25) is 0 Å². The smallest absolute Gasteiger partial charge is 0.358 e. The maximum Gasteiger partial charge on any atom is 0.358 e. The van der Waals surface area contributed by atoms with Gasteiger partial charge in [-0.25, -0.2) is 4.98 Å². The summed E-state index contributed by atoms with van der Waals surface area (Å²) in [7, 11) is 1.55. The van der Waals surface area contributed by atoms with Gasteiger partial charge >= 0.3 is 11.3 Å². The van der Waals surface area contributed by atoms with Crippen molar-refractivity contribution in [2.75, 3.05) is 26.1 Å². The van der Waals surface area contributed by atoms with Gasteiger partial charge in [0.1, 0.15) is 17.5 Å². The number of nitrogens with zero attached hydrogens (tertiary/aromatic N) is 4. The first kappa shape index (κ1) is 31.5. The Morgan fingerprint density at radius 2 is 1.59 bits per heavy atom. The lowest BCUT2D eigenvalue weighted by Crippen LogP contribution is -2.52. The zero-order chi connectivity index (χ0) is 31.9. The van der Waals surface area contributed by atoms with Gasteiger partial charge < -0.3 is 34.2 Å². The van der Waals surface area contributed by atoms with Crippen molar-refractivity contribution in [1.82, 2.24) is 19.5 Å². The average molecular weight is 646 g/mol. The first-order chi connectivity index (χ1) is 22.5. The molecule has 4 atom stereocenters. The van der Waals surface area contributed by atoms with Gasteiger partial charge in [-0.1, -0.05) is 78.9 Å². The third-order valence-corrected chi connectivity index (χ3v) is 7.62. The standard InChI is InChI=1S/C33H32FN5O6S/c1-40-19-33(20-41-17-22-11-5-2-6-12-22)27(42-18-23-13-7-3-8-14-23)26(44-32(46)43-24-15-9-4-10-16-24)30(45-33)39-21-36-25-28(35)37-31(34)38-29(25)39/h2-16,21,26-27,30H,17-20H2,1H3,(H2,35,37,38)/t26-,27+,30-,33-/m1/s1. The van der Waals surface area contributed by atoms with Crippen LogP contribution < -0.4 is 10.5 Å². The van der Waals surface area contributed by atoms with Crippen molar-refractivity contribution in [1.29, 1.82) is 0 Å². The lowest BCUT2D eigenvalue weighted by Gasteiger charge is -2.34. The van der Waals surface area contributed by atoms with Gasteiger partial charge in [0.25, 0.3) is 0 Å². The van der Waals surface area contributed by atoms with Gasteiger partial charge in [0.2, 0.25) is 0 Å². The normalized spacial score (nSPS) is 21.0. The molecule has 3 heterocycles. The van der Waals surface area contributed by atoms with E-state index < -0.39 is 30.1 Å². The van der Waals surface area contributed by atoms with Crippen molar-refractivity contribution in [3.8, 4) is 5.75 Å². The highest BCUT2D eigenvalue weighted by atomic mass is 32.1. The summed E-state index contributed by atoms with van der Waals surface area (Å²) in [5.74, 6) is 0.362. The minimum atomic E-state index is -1.25. The summed E-state index contributed by atoms with van der Waals surface area (Å²) in [6, 6.07) is 28.4. The molecule has 1 fully saturated rings. The van der Waals surface area contributed by atoms with E-state index in [1.807, 2.05) is 78.9 Å². The Morgan fingerprint density at radius 1 is 0.935 bits per heavy atom. The molecule has 0 radical (unpaired) electrons. The zero-order valence-corrected chi connectivity index (χ0v) is 25.7. The molecule has 1 aliphatic heterocycles. The number of methoxy groups -OCH3 is 1. The number of aromatic nitrogens is 4. The Kier molecular flexibility index (Phi) is 9.76. The summed E-state index contributed by atoms with van der Waals surface area (Å²) in [6.07, 6.45) is -2.44. The molecule has 6 rings (SSSR count). The van der Waals surface area contributed by atoms with Crippen LogP contribution in [0.25, 0.3) is 11.2 Å². The predicted molar refractivity (Wildman–Crippen MR) is 170 cm³/mol. The lowest BCUT2D eigenvalue weighted by atomic mass is 9.96. The molecule has 13 heteroatoms. The molecule has 0 unspecified atom stereocenters. The van der Waals surface area contributed by atoms with Crippen molar-refractivity contribution in [3.05, 3.63) is 115 Å². The Bertz CT molecular complexity index is 1750. The van der Waals surface area contributed by atoms with Gasteiger partial charge in [-0.15, -0.1) is 0 Å². The van der Waals surface area contributed by atoms with Crippen LogP contribution in [0.15, 0.2) is 97.3 Å².